The maximum Gasteiger partial charge on any atom is 0.421 e. The second-order valence-corrected chi connectivity index (χ2v) is 10.7. The van der Waals surface area contributed by atoms with Crippen molar-refractivity contribution >= 4 is 27.0 Å². The van der Waals surface area contributed by atoms with Crippen molar-refractivity contribution in [1.29, 1.82) is 0 Å². The van der Waals surface area contributed by atoms with Crippen molar-refractivity contribution in [3.8, 4) is 17.4 Å². The molecule has 1 amide bonds. The number of halogens is 3. The zero-order valence-corrected chi connectivity index (χ0v) is 21.6. The van der Waals surface area contributed by atoms with Gasteiger partial charge in [-0.3, -0.25) is 4.79 Å². The third kappa shape index (κ3) is 6.18. The molecule has 0 saturated carbocycles. The van der Waals surface area contributed by atoms with Gasteiger partial charge in [-0.05, 0) is 49.1 Å². The molecule has 0 unspecified atom stereocenters. The molecular formula is C26H23F3N4O6S. The molecule has 14 heteroatoms. The Bertz CT molecular complexity index is 1630. The first-order valence-corrected chi connectivity index (χ1v) is 13.6. The van der Waals surface area contributed by atoms with Crippen molar-refractivity contribution in [1.82, 2.24) is 19.7 Å². The molecule has 4 aromatic rings. The average molecular weight is 577 g/mol. The number of alkyl halides is 3. The highest BCUT2D eigenvalue weighted by atomic mass is 32.2. The molecule has 0 spiro atoms. The second kappa shape index (κ2) is 11.1. The summed E-state index contributed by atoms with van der Waals surface area (Å²) in [5.41, 5.74) is -0.914. The Labute approximate surface area is 226 Å². The molecule has 0 bridgehead atoms. The van der Waals surface area contributed by atoms with Crippen LogP contribution in [0.3, 0.4) is 0 Å². The lowest BCUT2D eigenvalue weighted by atomic mass is 10.0. The number of pyridine rings is 2. The Morgan fingerprint density at radius 3 is 2.65 bits per heavy atom. The highest BCUT2D eigenvalue weighted by Gasteiger charge is 2.37. The van der Waals surface area contributed by atoms with E-state index >= 15 is 0 Å². The fourth-order valence-electron chi connectivity index (χ4n) is 4.09. The summed E-state index contributed by atoms with van der Waals surface area (Å²) in [6.07, 6.45) is 0.120. The number of ether oxygens (including phenoxy) is 3. The number of hydrogen-bond acceptors (Lipinski definition) is 8. The van der Waals surface area contributed by atoms with Gasteiger partial charge in [0.1, 0.15) is 27.6 Å². The Hall–Kier alpha value is -4.17. The lowest BCUT2D eigenvalue weighted by Gasteiger charge is -2.22. The molecule has 210 valence electrons. The summed E-state index contributed by atoms with van der Waals surface area (Å²) in [5.74, 6) is -1.57. The van der Waals surface area contributed by atoms with E-state index in [2.05, 4.69) is 15.0 Å². The molecule has 0 aliphatic carbocycles. The number of rotatable bonds is 8. The zero-order valence-electron chi connectivity index (χ0n) is 20.8. The van der Waals surface area contributed by atoms with Crippen LogP contribution in [0.1, 0.15) is 28.8 Å². The van der Waals surface area contributed by atoms with Gasteiger partial charge in [0.05, 0.1) is 24.6 Å². The second-order valence-electron chi connectivity index (χ2n) is 9.01. The van der Waals surface area contributed by atoms with E-state index in [0.717, 1.165) is 5.39 Å². The van der Waals surface area contributed by atoms with Crippen LogP contribution in [0, 0.1) is 5.92 Å². The number of aromatic nitrogens is 3. The Morgan fingerprint density at radius 1 is 1.10 bits per heavy atom. The van der Waals surface area contributed by atoms with Crippen LogP contribution in [0.4, 0.5) is 13.2 Å². The minimum absolute atomic E-state index is 0.0117. The van der Waals surface area contributed by atoms with Gasteiger partial charge in [-0.25, -0.2) is 23.1 Å². The fraction of sp³-hybridized carbons (Fsp3) is 0.269. The van der Waals surface area contributed by atoms with Gasteiger partial charge in [0.2, 0.25) is 5.88 Å². The van der Waals surface area contributed by atoms with Crippen molar-refractivity contribution in [3.63, 3.8) is 0 Å². The number of nitrogens with one attached hydrogen (secondary N) is 2. The average Bonchev–Trinajstić information content (AvgIpc) is 3.40. The summed E-state index contributed by atoms with van der Waals surface area (Å²) in [4.78, 5) is 22.9. The van der Waals surface area contributed by atoms with Gasteiger partial charge in [0, 0.05) is 24.8 Å². The number of carbonyl (C=O) groups is 1. The van der Waals surface area contributed by atoms with Crippen LogP contribution in [-0.4, -0.2) is 49.1 Å². The van der Waals surface area contributed by atoms with E-state index in [-0.39, 0.29) is 29.6 Å². The predicted molar refractivity (Wildman–Crippen MR) is 136 cm³/mol. The van der Waals surface area contributed by atoms with E-state index in [4.69, 9.17) is 14.2 Å². The first-order valence-electron chi connectivity index (χ1n) is 12.1. The molecule has 0 atom stereocenters. The summed E-state index contributed by atoms with van der Waals surface area (Å²) in [5, 5.41) is 0.746. The van der Waals surface area contributed by atoms with Crippen molar-refractivity contribution < 1.29 is 40.6 Å². The Morgan fingerprint density at radius 2 is 1.88 bits per heavy atom. The molecule has 1 saturated heterocycles. The van der Waals surface area contributed by atoms with Crippen molar-refractivity contribution in [2.75, 3.05) is 19.8 Å². The molecule has 40 heavy (non-hydrogen) atoms. The lowest BCUT2D eigenvalue weighted by Crippen LogP contribution is -2.31. The Balaban J connectivity index is 1.35. The molecule has 3 aromatic heterocycles. The van der Waals surface area contributed by atoms with Crippen LogP contribution in [0.25, 0.3) is 11.0 Å². The highest BCUT2D eigenvalue weighted by molar-refractivity contribution is 7.90. The predicted octanol–water partition coefficient (Wildman–Crippen LogP) is 4.69. The van der Waals surface area contributed by atoms with Crippen molar-refractivity contribution in [2.45, 2.75) is 23.9 Å². The standard InChI is InChI=1S/C26H23F3N4O6S/c27-26(28,29)21-12-19(14-32-25(21)38-15-16-6-9-37-10-7-16)40(35,36)33-24(34)20-3-1-2-4-22(20)39-18-11-17-5-8-30-23(17)31-13-18/h1-5,8,11-14,16H,6-7,9-10,15H2,(H,30,31)(H,33,34). The van der Waals surface area contributed by atoms with Gasteiger partial charge < -0.3 is 19.2 Å². The molecule has 10 nitrogen and oxygen atoms in total. The third-order valence-corrected chi connectivity index (χ3v) is 7.50. The number of carbonyl (C=O) groups excluding carboxylic acids is 1. The summed E-state index contributed by atoms with van der Waals surface area (Å²) < 4.78 is 85.4. The van der Waals surface area contributed by atoms with Crippen LogP contribution in [0.5, 0.6) is 17.4 Å². The highest BCUT2D eigenvalue weighted by Crippen LogP contribution is 2.37. The van der Waals surface area contributed by atoms with Gasteiger partial charge in [-0.1, -0.05) is 12.1 Å². The van der Waals surface area contributed by atoms with Crippen LogP contribution >= 0.6 is 0 Å². The van der Waals surface area contributed by atoms with Crippen molar-refractivity contribution in [3.05, 3.63) is 72.2 Å². The van der Waals surface area contributed by atoms with Gasteiger partial charge in [0.25, 0.3) is 15.9 Å². The van der Waals surface area contributed by atoms with E-state index < -0.39 is 38.4 Å². The molecule has 0 radical (unpaired) electrons. The molecule has 1 aliphatic heterocycles. The number of sulfonamides is 1. The number of nitrogens with zero attached hydrogens (tertiary/aromatic N) is 2. The third-order valence-electron chi connectivity index (χ3n) is 6.20. The Kier molecular flexibility index (Phi) is 7.63. The van der Waals surface area contributed by atoms with Crippen molar-refractivity contribution in [2.24, 2.45) is 5.92 Å². The number of para-hydroxylation sites is 1. The number of benzene rings is 1. The van der Waals surface area contributed by atoms with Crippen LogP contribution < -0.4 is 14.2 Å². The van der Waals surface area contributed by atoms with Gasteiger partial charge in [-0.15, -0.1) is 0 Å². The quantitative estimate of drug-likeness (QED) is 0.309. The summed E-state index contributed by atoms with van der Waals surface area (Å²) in [7, 11) is -4.76. The normalized spacial score (nSPS) is 14.7. The molecule has 2 N–H and O–H groups in total. The number of H-pyrrole nitrogens is 1. The van der Waals surface area contributed by atoms with Gasteiger partial charge in [0.15, 0.2) is 0 Å². The van der Waals surface area contributed by atoms with Gasteiger partial charge in [-0.2, -0.15) is 13.2 Å². The van der Waals surface area contributed by atoms with E-state index in [1.165, 1.54) is 24.4 Å². The molecule has 5 rings (SSSR count). The first-order chi connectivity index (χ1) is 19.1. The van der Waals surface area contributed by atoms with E-state index in [9.17, 15) is 26.4 Å². The minimum atomic E-state index is -4.96. The number of hydrogen-bond donors (Lipinski definition) is 2. The van der Waals surface area contributed by atoms with E-state index in [0.29, 0.717) is 44.0 Å². The maximum absolute atomic E-state index is 13.8. The molecule has 1 aliphatic rings. The van der Waals surface area contributed by atoms with Crippen LogP contribution in [-0.2, 0) is 20.9 Å². The molecule has 1 aromatic carbocycles. The summed E-state index contributed by atoms with van der Waals surface area (Å²) in [6.45, 7) is 0.945. The number of aromatic amines is 1. The van der Waals surface area contributed by atoms with E-state index in [1.54, 1.807) is 29.1 Å². The summed E-state index contributed by atoms with van der Waals surface area (Å²) in [6, 6.07) is 9.64. The minimum Gasteiger partial charge on any atom is -0.477 e. The van der Waals surface area contributed by atoms with Crippen LogP contribution in [0.2, 0.25) is 0 Å². The molecular weight excluding hydrogens is 553 g/mol. The maximum atomic E-state index is 13.8. The fourth-order valence-corrected chi connectivity index (χ4v) is 5.03. The first kappa shape index (κ1) is 27.4. The zero-order chi connectivity index (χ0) is 28.3. The van der Waals surface area contributed by atoms with E-state index in [1.807, 2.05) is 0 Å². The lowest BCUT2D eigenvalue weighted by molar-refractivity contribution is -0.139. The summed E-state index contributed by atoms with van der Waals surface area (Å²) >= 11 is 0. The molecule has 1 fully saturated rings. The topological polar surface area (TPSA) is 132 Å². The van der Waals surface area contributed by atoms with Gasteiger partial charge >= 0.3 is 6.18 Å². The number of fused-ring (bicyclic) bond motifs is 1. The SMILES string of the molecule is O=C(NS(=O)(=O)c1cnc(OCC2CCOCC2)c(C(F)(F)F)c1)c1ccccc1Oc1cnc2[nH]ccc2c1. The monoisotopic (exact) mass is 576 g/mol. The number of amides is 1. The molecule has 4 heterocycles. The largest absolute Gasteiger partial charge is 0.477 e. The smallest absolute Gasteiger partial charge is 0.421 e. The van der Waals surface area contributed by atoms with Crippen LogP contribution in [0.15, 0.2) is 66.0 Å².